The van der Waals surface area contributed by atoms with Crippen molar-refractivity contribution in [3.05, 3.63) is 29.3 Å². The largest absolute Gasteiger partial charge is 0.484 e. The standard InChI is InChI=1S/C21H27ClN2O4/c22-15-6-8-17(9-7-15)28-11-19(26)24-21-12-20(13-21,14-21)23-18(25)10-27-16-4-2-1-3-5-16/h6-9,16H,1-5,10-14H2,(H,23,25)(H,24,26). The lowest BCUT2D eigenvalue weighted by Gasteiger charge is -2.70. The van der Waals surface area contributed by atoms with Gasteiger partial charge in [-0.3, -0.25) is 9.59 Å². The minimum absolute atomic E-state index is 0.0298. The van der Waals surface area contributed by atoms with Gasteiger partial charge >= 0.3 is 0 Å². The third-order valence-electron chi connectivity index (χ3n) is 6.03. The first-order valence-electron chi connectivity index (χ1n) is 10.1. The molecule has 2 amide bonds. The van der Waals surface area contributed by atoms with Crippen molar-refractivity contribution < 1.29 is 19.1 Å². The van der Waals surface area contributed by atoms with Gasteiger partial charge in [-0.2, -0.15) is 0 Å². The van der Waals surface area contributed by atoms with Crippen LogP contribution in [-0.4, -0.2) is 42.2 Å². The Morgan fingerprint density at radius 3 is 2.11 bits per heavy atom. The fourth-order valence-corrected chi connectivity index (χ4v) is 4.95. The Balaban J connectivity index is 1.13. The van der Waals surface area contributed by atoms with Crippen LogP contribution in [0.25, 0.3) is 0 Å². The van der Waals surface area contributed by atoms with E-state index in [1.807, 2.05) is 0 Å². The first-order valence-corrected chi connectivity index (χ1v) is 10.5. The van der Waals surface area contributed by atoms with Crippen molar-refractivity contribution in [1.29, 1.82) is 0 Å². The molecular weight excluding hydrogens is 380 g/mol. The molecular formula is C21H27ClN2O4. The molecule has 0 spiro atoms. The molecule has 0 heterocycles. The predicted octanol–water partition coefficient (Wildman–Crippen LogP) is 2.98. The lowest BCUT2D eigenvalue weighted by Crippen LogP contribution is -2.84. The van der Waals surface area contributed by atoms with Gasteiger partial charge < -0.3 is 20.1 Å². The van der Waals surface area contributed by atoms with Gasteiger partial charge in [0.25, 0.3) is 5.91 Å². The van der Waals surface area contributed by atoms with Crippen molar-refractivity contribution in [2.75, 3.05) is 13.2 Å². The van der Waals surface area contributed by atoms with E-state index in [-0.39, 0.29) is 42.2 Å². The summed E-state index contributed by atoms with van der Waals surface area (Å²) in [4.78, 5) is 24.3. The van der Waals surface area contributed by atoms with Crippen LogP contribution < -0.4 is 15.4 Å². The highest BCUT2D eigenvalue weighted by molar-refractivity contribution is 6.30. The van der Waals surface area contributed by atoms with Crippen LogP contribution in [0, 0.1) is 0 Å². The van der Waals surface area contributed by atoms with E-state index in [4.69, 9.17) is 21.1 Å². The fourth-order valence-electron chi connectivity index (χ4n) is 4.82. The SMILES string of the molecule is O=C(COc1ccc(Cl)cc1)NC12CC(NC(=O)COC3CCCCC3)(C1)C2. The maximum atomic E-state index is 12.2. The number of rotatable bonds is 8. The van der Waals surface area contributed by atoms with E-state index in [2.05, 4.69) is 10.6 Å². The summed E-state index contributed by atoms with van der Waals surface area (Å²) in [6.07, 6.45) is 8.36. The molecule has 0 atom stereocenters. The zero-order valence-corrected chi connectivity index (χ0v) is 16.7. The third-order valence-corrected chi connectivity index (χ3v) is 6.28. The van der Waals surface area contributed by atoms with Crippen molar-refractivity contribution in [2.24, 2.45) is 0 Å². The van der Waals surface area contributed by atoms with Crippen LogP contribution in [-0.2, 0) is 14.3 Å². The Morgan fingerprint density at radius 2 is 1.50 bits per heavy atom. The summed E-state index contributed by atoms with van der Waals surface area (Å²) in [6, 6.07) is 6.91. The van der Waals surface area contributed by atoms with Gasteiger partial charge in [0.1, 0.15) is 12.4 Å². The lowest BCUT2D eigenvalue weighted by molar-refractivity contribution is -0.153. The predicted molar refractivity (Wildman–Crippen MR) is 105 cm³/mol. The molecule has 152 valence electrons. The van der Waals surface area contributed by atoms with E-state index in [0.717, 1.165) is 32.1 Å². The Labute approximate surface area is 170 Å². The summed E-state index contributed by atoms with van der Waals surface area (Å²) >= 11 is 5.83. The molecule has 7 heteroatoms. The molecule has 1 aromatic rings. The number of ether oxygens (including phenoxy) is 2. The topological polar surface area (TPSA) is 76.7 Å². The van der Waals surface area contributed by atoms with Gasteiger partial charge in [0.05, 0.1) is 6.10 Å². The first kappa shape index (κ1) is 19.5. The van der Waals surface area contributed by atoms with E-state index < -0.39 is 0 Å². The van der Waals surface area contributed by atoms with Crippen LogP contribution in [0.15, 0.2) is 24.3 Å². The number of carbonyl (C=O) groups is 2. The highest BCUT2D eigenvalue weighted by atomic mass is 35.5. The number of hydrogen-bond donors (Lipinski definition) is 2. The highest BCUT2D eigenvalue weighted by Crippen LogP contribution is 2.60. The smallest absolute Gasteiger partial charge is 0.258 e. The first-order chi connectivity index (χ1) is 13.5. The molecule has 2 N–H and O–H groups in total. The molecule has 28 heavy (non-hydrogen) atoms. The molecule has 1 aromatic carbocycles. The molecule has 0 aliphatic heterocycles. The van der Waals surface area contributed by atoms with Crippen molar-refractivity contribution in [2.45, 2.75) is 68.5 Å². The Kier molecular flexibility index (Phi) is 5.52. The maximum Gasteiger partial charge on any atom is 0.258 e. The van der Waals surface area contributed by atoms with Gasteiger partial charge in [-0.05, 0) is 56.4 Å². The van der Waals surface area contributed by atoms with E-state index in [9.17, 15) is 9.59 Å². The molecule has 4 aliphatic carbocycles. The minimum Gasteiger partial charge on any atom is -0.484 e. The zero-order valence-electron chi connectivity index (χ0n) is 16.0. The van der Waals surface area contributed by atoms with Gasteiger partial charge in [-0.15, -0.1) is 0 Å². The Bertz CT molecular complexity index is 711. The number of carbonyl (C=O) groups excluding carboxylic acids is 2. The minimum atomic E-state index is -0.183. The summed E-state index contributed by atoms with van der Waals surface area (Å²) in [5.74, 6) is 0.422. The van der Waals surface area contributed by atoms with Crippen molar-refractivity contribution in [3.8, 4) is 5.75 Å². The average molecular weight is 407 g/mol. The van der Waals surface area contributed by atoms with E-state index in [0.29, 0.717) is 10.8 Å². The molecule has 2 bridgehead atoms. The second-order valence-corrected chi connectivity index (χ2v) is 8.94. The van der Waals surface area contributed by atoms with Crippen molar-refractivity contribution in [3.63, 3.8) is 0 Å². The third kappa shape index (κ3) is 4.44. The van der Waals surface area contributed by atoms with Crippen molar-refractivity contribution in [1.82, 2.24) is 10.6 Å². The fraction of sp³-hybridized carbons (Fsp3) is 0.619. The zero-order chi connectivity index (χ0) is 19.6. The van der Waals surface area contributed by atoms with Crippen LogP contribution in [0.2, 0.25) is 5.02 Å². The summed E-state index contributed by atoms with van der Waals surface area (Å²) in [6.45, 7) is 0.110. The number of nitrogens with one attached hydrogen (secondary N) is 2. The van der Waals surface area contributed by atoms with Gasteiger partial charge in [0.2, 0.25) is 5.91 Å². The second kappa shape index (κ2) is 7.91. The number of amides is 2. The number of halogens is 1. The van der Waals surface area contributed by atoms with Gasteiger partial charge in [0, 0.05) is 16.1 Å². The summed E-state index contributed by atoms with van der Waals surface area (Å²) in [7, 11) is 0. The van der Waals surface area contributed by atoms with Crippen molar-refractivity contribution >= 4 is 23.4 Å². The highest BCUT2D eigenvalue weighted by Gasteiger charge is 2.69. The van der Waals surface area contributed by atoms with Crippen LogP contribution in [0.3, 0.4) is 0 Å². The van der Waals surface area contributed by atoms with Crippen LogP contribution in [0.1, 0.15) is 51.4 Å². The maximum absolute atomic E-state index is 12.2. The van der Waals surface area contributed by atoms with Gasteiger partial charge in [0.15, 0.2) is 6.61 Å². The van der Waals surface area contributed by atoms with E-state index in [1.54, 1.807) is 24.3 Å². The van der Waals surface area contributed by atoms with Crippen LogP contribution in [0.4, 0.5) is 0 Å². The normalized spacial score (nSPS) is 28.6. The Morgan fingerprint density at radius 1 is 0.929 bits per heavy atom. The molecule has 5 rings (SSSR count). The molecule has 4 fully saturated rings. The van der Waals surface area contributed by atoms with Crippen LogP contribution in [0.5, 0.6) is 5.75 Å². The molecule has 0 radical (unpaired) electrons. The quantitative estimate of drug-likeness (QED) is 0.695. The second-order valence-electron chi connectivity index (χ2n) is 8.50. The summed E-state index contributed by atoms with van der Waals surface area (Å²) in [5.41, 5.74) is -0.338. The van der Waals surface area contributed by atoms with E-state index in [1.165, 1.54) is 19.3 Å². The number of hydrogen-bond acceptors (Lipinski definition) is 4. The summed E-state index contributed by atoms with van der Waals surface area (Å²) < 4.78 is 11.2. The monoisotopic (exact) mass is 406 g/mol. The molecule has 4 aliphatic rings. The molecule has 0 unspecified atom stereocenters. The molecule has 4 saturated carbocycles. The lowest BCUT2D eigenvalue weighted by atomic mass is 9.44. The van der Waals surface area contributed by atoms with Gasteiger partial charge in [-0.25, -0.2) is 0 Å². The van der Waals surface area contributed by atoms with E-state index >= 15 is 0 Å². The molecule has 0 aromatic heterocycles. The van der Waals surface area contributed by atoms with Crippen LogP contribution >= 0.6 is 11.6 Å². The summed E-state index contributed by atoms with van der Waals surface area (Å²) in [5, 5.41) is 6.78. The Hall–Kier alpha value is -1.79. The average Bonchev–Trinajstić information content (AvgIpc) is 2.64. The molecule has 0 saturated heterocycles. The molecule has 6 nitrogen and oxygen atoms in total. The van der Waals surface area contributed by atoms with Gasteiger partial charge in [-0.1, -0.05) is 30.9 Å². The number of benzene rings is 1.